The van der Waals surface area contributed by atoms with Crippen LogP contribution in [0.2, 0.25) is 0 Å². The quantitative estimate of drug-likeness (QED) is 0.858. The molecule has 0 aliphatic rings. The van der Waals surface area contributed by atoms with Gasteiger partial charge < -0.3 is 10.6 Å². The van der Waals surface area contributed by atoms with Crippen LogP contribution in [0.4, 0.5) is 11.4 Å². The third-order valence-electron chi connectivity index (χ3n) is 3.27. The van der Waals surface area contributed by atoms with Gasteiger partial charge in [0.25, 0.3) is 0 Å². The number of anilines is 2. The van der Waals surface area contributed by atoms with Crippen molar-refractivity contribution in [2.24, 2.45) is 0 Å². The van der Waals surface area contributed by atoms with Crippen LogP contribution in [-0.4, -0.2) is 21.7 Å². The number of hydrogen-bond acceptors (Lipinski definition) is 3. The summed E-state index contributed by atoms with van der Waals surface area (Å²) < 4.78 is 1.87. The second kappa shape index (κ2) is 6.92. The van der Waals surface area contributed by atoms with E-state index in [-0.39, 0.29) is 11.9 Å². The Morgan fingerprint density at radius 1 is 1.38 bits per heavy atom. The van der Waals surface area contributed by atoms with E-state index < -0.39 is 0 Å². The lowest BCUT2D eigenvalue weighted by Crippen LogP contribution is -2.31. The van der Waals surface area contributed by atoms with E-state index in [1.165, 1.54) is 0 Å². The zero-order valence-corrected chi connectivity index (χ0v) is 12.8. The minimum absolute atomic E-state index is 0.0625. The molecule has 21 heavy (non-hydrogen) atoms. The number of hydrogen-bond donors (Lipinski definition) is 2. The summed E-state index contributed by atoms with van der Waals surface area (Å²) in [5.74, 6) is -0.0625. The van der Waals surface area contributed by atoms with Gasteiger partial charge in [-0.1, -0.05) is 25.1 Å². The van der Waals surface area contributed by atoms with Crippen molar-refractivity contribution in [1.82, 2.24) is 9.78 Å². The average Bonchev–Trinajstić information content (AvgIpc) is 2.89. The molecular formula is C16H22N4O. The first-order valence-electron chi connectivity index (χ1n) is 7.25. The summed E-state index contributed by atoms with van der Waals surface area (Å²) >= 11 is 0. The molecule has 1 unspecified atom stereocenters. The Balaban J connectivity index is 1.94. The molecule has 0 spiro atoms. The zero-order valence-electron chi connectivity index (χ0n) is 12.8. The lowest BCUT2D eigenvalue weighted by atomic mass is 10.2. The van der Waals surface area contributed by atoms with Gasteiger partial charge in [0.05, 0.1) is 11.9 Å². The Bertz CT molecular complexity index is 606. The Morgan fingerprint density at radius 3 is 2.86 bits per heavy atom. The van der Waals surface area contributed by atoms with Gasteiger partial charge in [-0.05, 0) is 31.9 Å². The summed E-state index contributed by atoms with van der Waals surface area (Å²) in [7, 11) is 0. The van der Waals surface area contributed by atoms with Crippen molar-refractivity contribution in [2.75, 3.05) is 10.6 Å². The van der Waals surface area contributed by atoms with Gasteiger partial charge in [0.2, 0.25) is 5.91 Å². The number of amides is 1. The number of benzene rings is 1. The van der Waals surface area contributed by atoms with Crippen LogP contribution in [0.5, 0.6) is 0 Å². The van der Waals surface area contributed by atoms with Crippen LogP contribution in [0.3, 0.4) is 0 Å². The molecule has 0 bridgehead atoms. The molecule has 2 rings (SSSR count). The van der Waals surface area contributed by atoms with Gasteiger partial charge in [0.15, 0.2) is 0 Å². The maximum Gasteiger partial charge on any atom is 0.246 e. The van der Waals surface area contributed by atoms with Crippen LogP contribution < -0.4 is 10.6 Å². The Kier molecular flexibility index (Phi) is 4.98. The number of nitrogens with one attached hydrogen (secondary N) is 2. The molecule has 1 aromatic carbocycles. The maximum atomic E-state index is 12.2. The summed E-state index contributed by atoms with van der Waals surface area (Å²) in [6.07, 6.45) is 4.69. The molecule has 0 radical (unpaired) electrons. The van der Waals surface area contributed by atoms with E-state index in [9.17, 15) is 4.79 Å². The minimum Gasteiger partial charge on any atom is -0.371 e. The Morgan fingerprint density at radius 2 is 2.14 bits per heavy atom. The largest absolute Gasteiger partial charge is 0.371 e. The van der Waals surface area contributed by atoms with Crippen molar-refractivity contribution in [2.45, 2.75) is 39.8 Å². The molecule has 0 aliphatic carbocycles. The first kappa shape index (κ1) is 15.1. The van der Waals surface area contributed by atoms with Crippen LogP contribution in [0.1, 0.15) is 25.8 Å². The second-order valence-electron chi connectivity index (χ2n) is 5.16. The lowest BCUT2D eigenvalue weighted by Gasteiger charge is -2.15. The number of rotatable bonds is 6. The summed E-state index contributed by atoms with van der Waals surface area (Å²) in [5.41, 5.74) is 2.75. The monoisotopic (exact) mass is 286 g/mol. The second-order valence-corrected chi connectivity index (χ2v) is 5.16. The SMILES string of the molecule is CCCn1cc(NC(C)C(=O)Nc2ccccc2C)cn1. The van der Waals surface area contributed by atoms with Gasteiger partial charge >= 0.3 is 0 Å². The molecule has 1 aromatic heterocycles. The topological polar surface area (TPSA) is 59.0 Å². The van der Waals surface area contributed by atoms with Gasteiger partial charge in [-0.15, -0.1) is 0 Å². The van der Waals surface area contributed by atoms with Gasteiger partial charge in [-0.3, -0.25) is 9.48 Å². The van der Waals surface area contributed by atoms with E-state index in [4.69, 9.17) is 0 Å². The molecule has 0 aliphatic heterocycles. The third-order valence-corrected chi connectivity index (χ3v) is 3.27. The van der Waals surface area contributed by atoms with Crippen molar-refractivity contribution < 1.29 is 4.79 Å². The molecule has 2 aromatic rings. The number of nitrogens with zero attached hydrogens (tertiary/aromatic N) is 2. The number of aryl methyl sites for hydroxylation is 2. The van der Waals surface area contributed by atoms with E-state index >= 15 is 0 Å². The van der Waals surface area contributed by atoms with Crippen LogP contribution in [0.25, 0.3) is 0 Å². The Hall–Kier alpha value is -2.30. The maximum absolute atomic E-state index is 12.2. The predicted molar refractivity (Wildman–Crippen MR) is 85.4 cm³/mol. The summed E-state index contributed by atoms with van der Waals surface area (Å²) in [4.78, 5) is 12.2. The smallest absolute Gasteiger partial charge is 0.246 e. The van der Waals surface area contributed by atoms with E-state index in [2.05, 4.69) is 22.7 Å². The predicted octanol–water partition coefficient (Wildman–Crippen LogP) is 3.04. The highest BCUT2D eigenvalue weighted by atomic mass is 16.2. The third kappa shape index (κ3) is 4.08. The molecule has 1 amide bonds. The molecule has 1 atom stereocenters. The van der Waals surface area contributed by atoms with Gasteiger partial charge in [0, 0.05) is 18.4 Å². The number of para-hydroxylation sites is 1. The van der Waals surface area contributed by atoms with E-state index in [0.29, 0.717) is 0 Å². The number of carbonyl (C=O) groups excluding carboxylic acids is 1. The molecule has 0 saturated heterocycles. The van der Waals surface area contributed by atoms with Crippen LogP contribution in [-0.2, 0) is 11.3 Å². The van der Waals surface area contributed by atoms with Crippen LogP contribution in [0.15, 0.2) is 36.7 Å². The fourth-order valence-electron chi connectivity index (χ4n) is 2.06. The molecule has 112 valence electrons. The summed E-state index contributed by atoms with van der Waals surface area (Å²) in [6.45, 7) is 6.80. The van der Waals surface area contributed by atoms with Gasteiger partial charge in [-0.2, -0.15) is 5.10 Å². The van der Waals surface area contributed by atoms with Crippen molar-refractivity contribution in [3.8, 4) is 0 Å². The minimum atomic E-state index is -0.330. The van der Waals surface area contributed by atoms with Gasteiger partial charge in [-0.25, -0.2) is 0 Å². The van der Waals surface area contributed by atoms with Crippen molar-refractivity contribution in [3.05, 3.63) is 42.2 Å². The number of carbonyl (C=O) groups is 1. The normalized spacial score (nSPS) is 12.0. The molecule has 2 N–H and O–H groups in total. The lowest BCUT2D eigenvalue weighted by molar-refractivity contribution is -0.116. The van der Waals surface area contributed by atoms with Crippen molar-refractivity contribution >= 4 is 17.3 Å². The molecule has 0 fully saturated rings. The molecule has 5 nitrogen and oxygen atoms in total. The Labute approximate surface area is 125 Å². The standard InChI is InChI=1S/C16H22N4O/c1-4-9-20-11-14(10-17-20)18-13(3)16(21)19-15-8-6-5-7-12(15)2/h5-8,10-11,13,18H,4,9H2,1-3H3,(H,19,21). The summed E-state index contributed by atoms with van der Waals surface area (Å²) in [5, 5.41) is 10.3. The molecular weight excluding hydrogens is 264 g/mol. The van der Waals surface area contributed by atoms with Crippen LogP contribution >= 0.6 is 0 Å². The highest BCUT2D eigenvalue weighted by molar-refractivity contribution is 5.96. The highest BCUT2D eigenvalue weighted by Gasteiger charge is 2.14. The molecule has 0 saturated carbocycles. The van der Waals surface area contributed by atoms with Crippen molar-refractivity contribution in [3.63, 3.8) is 0 Å². The van der Waals surface area contributed by atoms with Gasteiger partial charge in [0.1, 0.15) is 6.04 Å². The summed E-state index contributed by atoms with van der Waals surface area (Å²) in [6, 6.07) is 7.41. The van der Waals surface area contributed by atoms with Crippen molar-refractivity contribution in [1.29, 1.82) is 0 Å². The fourth-order valence-corrected chi connectivity index (χ4v) is 2.06. The van der Waals surface area contributed by atoms with E-state index in [1.54, 1.807) is 6.20 Å². The molecule has 1 heterocycles. The van der Waals surface area contributed by atoms with E-state index in [1.807, 2.05) is 49.0 Å². The first-order chi connectivity index (χ1) is 10.1. The fraction of sp³-hybridized carbons (Fsp3) is 0.375. The average molecular weight is 286 g/mol. The van der Waals surface area contributed by atoms with Crippen LogP contribution in [0, 0.1) is 6.92 Å². The first-order valence-corrected chi connectivity index (χ1v) is 7.25. The zero-order chi connectivity index (χ0) is 15.2. The highest BCUT2D eigenvalue weighted by Crippen LogP contribution is 2.14. The van der Waals surface area contributed by atoms with E-state index in [0.717, 1.165) is 29.9 Å². The molecule has 5 heteroatoms. The number of aromatic nitrogens is 2.